The number of methoxy groups -OCH3 is 1. The Labute approximate surface area is 173 Å². The number of hydrogen-bond donors (Lipinski definition) is 0. The van der Waals surface area contributed by atoms with E-state index in [1.807, 2.05) is 55.5 Å². The van der Waals surface area contributed by atoms with Crippen LogP contribution < -0.4 is 9.64 Å². The minimum absolute atomic E-state index is 0.0638. The Morgan fingerprint density at radius 3 is 2.21 bits per heavy atom. The molecule has 2 aliphatic heterocycles. The van der Waals surface area contributed by atoms with Gasteiger partial charge in [-0.25, -0.2) is 0 Å². The maximum Gasteiger partial charge on any atom is 0.264 e. The lowest BCUT2D eigenvalue weighted by Gasteiger charge is -2.36. The van der Waals surface area contributed by atoms with Crippen molar-refractivity contribution >= 4 is 40.9 Å². The van der Waals surface area contributed by atoms with Crippen LogP contribution in [0.4, 0.5) is 5.69 Å². The summed E-state index contributed by atoms with van der Waals surface area (Å²) in [5, 5.41) is 0. The second-order valence-corrected chi connectivity index (χ2v) is 9.26. The van der Waals surface area contributed by atoms with Gasteiger partial charge >= 0.3 is 0 Å². The third-order valence-electron chi connectivity index (χ3n) is 4.97. The van der Waals surface area contributed by atoms with Crippen LogP contribution in [0.25, 0.3) is 0 Å². The number of amides is 1. The third kappa shape index (κ3) is 3.59. The molecule has 0 radical (unpaired) electrons. The molecule has 2 heterocycles. The Kier molecular flexibility index (Phi) is 5.51. The van der Waals surface area contributed by atoms with Gasteiger partial charge in [-0.2, -0.15) is 0 Å². The highest BCUT2D eigenvalue weighted by Gasteiger charge is 2.41. The zero-order valence-electron chi connectivity index (χ0n) is 15.8. The number of piperidine rings is 1. The molecule has 0 aliphatic carbocycles. The Balaban J connectivity index is 1.79. The predicted octanol–water partition coefficient (Wildman–Crippen LogP) is 4.74. The largest absolute Gasteiger partial charge is 0.497 e. The summed E-state index contributed by atoms with van der Waals surface area (Å²) >= 11 is 3.23. The number of rotatable bonds is 3. The summed E-state index contributed by atoms with van der Waals surface area (Å²) in [6, 6.07) is 15.2. The molecule has 2 aromatic carbocycles. The van der Waals surface area contributed by atoms with Crippen molar-refractivity contribution in [2.75, 3.05) is 23.5 Å². The van der Waals surface area contributed by atoms with Gasteiger partial charge in [0.1, 0.15) is 11.3 Å². The first-order chi connectivity index (χ1) is 13.6. The van der Waals surface area contributed by atoms with E-state index in [1.165, 1.54) is 0 Å². The normalized spacial score (nSPS) is 20.1. The molecule has 0 N–H and O–H groups in total. The molecule has 1 atom stereocenters. The Hall–Kier alpha value is -2.18. The standard InChI is InChI=1S/C22H21NO3S2/c1-14-3-7-16(8-4-14)23-18(15-5-9-17(26-2)10-6-15)13-19(24)20(21(23)25)22-27-11-12-28-22/h3-10,18H,11-13H2,1-2H3. The van der Waals surface area contributed by atoms with E-state index in [1.54, 1.807) is 35.5 Å². The number of aryl methyl sites for hydroxylation is 1. The fraction of sp³-hybridized carbons (Fsp3) is 0.273. The number of ether oxygens (including phenoxy) is 1. The molecule has 28 heavy (non-hydrogen) atoms. The molecular formula is C22H21NO3S2. The van der Waals surface area contributed by atoms with Crippen LogP contribution in [0.3, 0.4) is 0 Å². The molecular weight excluding hydrogens is 390 g/mol. The van der Waals surface area contributed by atoms with Crippen LogP contribution in [-0.2, 0) is 9.59 Å². The van der Waals surface area contributed by atoms with Crippen LogP contribution in [0.2, 0.25) is 0 Å². The van der Waals surface area contributed by atoms with E-state index >= 15 is 0 Å². The highest BCUT2D eigenvalue weighted by Crippen LogP contribution is 2.44. The van der Waals surface area contributed by atoms with Gasteiger partial charge in [0.25, 0.3) is 5.91 Å². The number of carbonyl (C=O) groups excluding carboxylic acids is 2. The summed E-state index contributed by atoms with van der Waals surface area (Å²) in [7, 11) is 1.62. The van der Waals surface area contributed by atoms with Gasteiger partial charge in [0.15, 0.2) is 5.78 Å². The smallest absolute Gasteiger partial charge is 0.264 e. The van der Waals surface area contributed by atoms with Gasteiger partial charge in [0.05, 0.1) is 17.4 Å². The average Bonchev–Trinajstić information content (AvgIpc) is 3.23. The summed E-state index contributed by atoms with van der Waals surface area (Å²) in [5.41, 5.74) is 3.23. The minimum atomic E-state index is -0.325. The maximum absolute atomic E-state index is 13.5. The third-order valence-corrected chi connectivity index (χ3v) is 7.68. The summed E-state index contributed by atoms with van der Waals surface area (Å²) in [5.74, 6) is 2.37. The molecule has 2 aromatic rings. The van der Waals surface area contributed by atoms with Crippen molar-refractivity contribution < 1.29 is 14.3 Å². The number of benzene rings is 2. The van der Waals surface area contributed by atoms with Crippen LogP contribution >= 0.6 is 23.5 Å². The van der Waals surface area contributed by atoms with Gasteiger partial charge in [0, 0.05) is 23.6 Å². The van der Waals surface area contributed by atoms with Gasteiger partial charge in [-0.3, -0.25) is 9.59 Å². The molecule has 2 aliphatic rings. The lowest BCUT2D eigenvalue weighted by Crippen LogP contribution is -2.44. The first-order valence-corrected chi connectivity index (χ1v) is 11.1. The van der Waals surface area contributed by atoms with Crippen molar-refractivity contribution in [3.63, 3.8) is 0 Å². The van der Waals surface area contributed by atoms with E-state index in [9.17, 15) is 9.59 Å². The SMILES string of the molecule is COc1ccc(C2CC(=O)C(=C3SCCS3)C(=O)N2c2ccc(C)cc2)cc1. The lowest BCUT2D eigenvalue weighted by molar-refractivity contribution is -0.124. The molecule has 144 valence electrons. The van der Waals surface area contributed by atoms with Crippen molar-refractivity contribution in [3.05, 3.63) is 69.5 Å². The van der Waals surface area contributed by atoms with Gasteiger partial charge in [-0.15, -0.1) is 23.5 Å². The molecule has 0 saturated carbocycles. The van der Waals surface area contributed by atoms with E-state index in [2.05, 4.69) is 0 Å². The van der Waals surface area contributed by atoms with Gasteiger partial charge < -0.3 is 9.64 Å². The molecule has 0 spiro atoms. The minimum Gasteiger partial charge on any atom is -0.497 e. The Morgan fingerprint density at radius 2 is 1.61 bits per heavy atom. The van der Waals surface area contributed by atoms with Crippen molar-refractivity contribution in [1.82, 2.24) is 0 Å². The number of anilines is 1. The van der Waals surface area contributed by atoms with Crippen LogP contribution in [0.5, 0.6) is 5.75 Å². The molecule has 0 bridgehead atoms. The number of Topliss-reactive ketones (excluding diaryl/α,β-unsaturated/α-hetero) is 1. The Morgan fingerprint density at radius 1 is 0.964 bits per heavy atom. The number of carbonyl (C=O) groups is 2. The highest BCUT2D eigenvalue weighted by atomic mass is 32.2. The van der Waals surface area contributed by atoms with Crippen LogP contribution in [0.1, 0.15) is 23.6 Å². The van der Waals surface area contributed by atoms with E-state index in [0.29, 0.717) is 5.57 Å². The van der Waals surface area contributed by atoms with Crippen LogP contribution in [-0.4, -0.2) is 30.3 Å². The van der Waals surface area contributed by atoms with Crippen molar-refractivity contribution in [1.29, 1.82) is 0 Å². The number of thioether (sulfide) groups is 2. The van der Waals surface area contributed by atoms with Crippen molar-refractivity contribution in [3.8, 4) is 5.75 Å². The molecule has 4 rings (SSSR count). The molecule has 1 amide bonds. The lowest BCUT2D eigenvalue weighted by atomic mass is 9.90. The molecule has 1 unspecified atom stereocenters. The first kappa shape index (κ1) is 19.2. The topological polar surface area (TPSA) is 46.6 Å². The summed E-state index contributed by atoms with van der Waals surface area (Å²) in [6.45, 7) is 2.02. The summed E-state index contributed by atoms with van der Waals surface area (Å²) in [4.78, 5) is 28.3. The molecule has 2 saturated heterocycles. The van der Waals surface area contributed by atoms with Crippen LogP contribution in [0.15, 0.2) is 58.3 Å². The monoisotopic (exact) mass is 411 g/mol. The summed E-state index contributed by atoms with van der Waals surface area (Å²) in [6.07, 6.45) is 0.284. The first-order valence-electron chi connectivity index (χ1n) is 9.15. The fourth-order valence-electron chi connectivity index (χ4n) is 3.50. The van der Waals surface area contributed by atoms with Gasteiger partial charge in [0.2, 0.25) is 0 Å². The predicted molar refractivity (Wildman–Crippen MR) is 116 cm³/mol. The van der Waals surface area contributed by atoms with Gasteiger partial charge in [-0.1, -0.05) is 29.8 Å². The highest BCUT2D eigenvalue weighted by molar-refractivity contribution is 8.25. The molecule has 4 nitrogen and oxygen atoms in total. The second kappa shape index (κ2) is 8.05. The molecule has 6 heteroatoms. The van der Waals surface area contributed by atoms with Crippen molar-refractivity contribution in [2.24, 2.45) is 0 Å². The zero-order chi connectivity index (χ0) is 19.7. The van der Waals surface area contributed by atoms with Gasteiger partial charge in [-0.05, 0) is 36.8 Å². The van der Waals surface area contributed by atoms with E-state index in [0.717, 1.165) is 38.3 Å². The second-order valence-electron chi connectivity index (χ2n) is 6.79. The summed E-state index contributed by atoms with van der Waals surface area (Å²) < 4.78 is 6.12. The van der Waals surface area contributed by atoms with Crippen LogP contribution in [0, 0.1) is 6.92 Å². The van der Waals surface area contributed by atoms with E-state index in [-0.39, 0.29) is 24.2 Å². The van der Waals surface area contributed by atoms with E-state index < -0.39 is 0 Å². The van der Waals surface area contributed by atoms with E-state index in [4.69, 9.17) is 4.74 Å². The Bertz CT molecular complexity index is 927. The fourth-order valence-corrected chi connectivity index (χ4v) is 6.06. The number of ketones is 1. The molecule has 0 aromatic heterocycles. The van der Waals surface area contributed by atoms with Crippen molar-refractivity contribution in [2.45, 2.75) is 19.4 Å². The zero-order valence-corrected chi connectivity index (χ0v) is 17.4. The number of nitrogens with zero attached hydrogens (tertiary/aromatic N) is 1. The maximum atomic E-state index is 13.5. The quantitative estimate of drug-likeness (QED) is 0.539. The average molecular weight is 412 g/mol. The number of hydrogen-bond acceptors (Lipinski definition) is 5. The molecule has 2 fully saturated rings.